The van der Waals surface area contributed by atoms with E-state index in [9.17, 15) is 14.0 Å². The summed E-state index contributed by atoms with van der Waals surface area (Å²) in [7, 11) is 0. The van der Waals surface area contributed by atoms with E-state index in [4.69, 9.17) is 0 Å². The molecule has 120 valence electrons. The molecule has 4 nitrogen and oxygen atoms in total. The SMILES string of the molecule is CCC(C)NC(=O)C1(C)CCC(=O)N1Cc1ccc(F)cc1. The molecule has 1 aliphatic heterocycles. The molecule has 0 saturated carbocycles. The first-order valence-corrected chi connectivity index (χ1v) is 7.72. The highest BCUT2D eigenvalue weighted by Crippen LogP contribution is 2.32. The van der Waals surface area contributed by atoms with Crippen molar-refractivity contribution in [3.05, 3.63) is 35.6 Å². The van der Waals surface area contributed by atoms with Crippen molar-refractivity contribution in [2.24, 2.45) is 0 Å². The Kier molecular flexibility index (Phi) is 4.84. The number of nitrogens with one attached hydrogen (secondary N) is 1. The van der Waals surface area contributed by atoms with E-state index >= 15 is 0 Å². The van der Waals surface area contributed by atoms with Crippen LogP contribution in [0.1, 0.15) is 45.6 Å². The molecule has 1 aromatic rings. The lowest BCUT2D eigenvalue weighted by atomic mass is 9.96. The summed E-state index contributed by atoms with van der Waals surface area (Å²) in [5.41, 5.74) is -0.0197. The van der Waals surface area contributed by atoms with Gasteiger partial charge in [-0.15, -0.1) is 0 Å². The third-order valence-corrected chi connectivity index (χ3v) is 4.46. The first kappa shape index (κ1) is 16.5. The molecule has 5 heteroatoms. The molecule has 2 amide bonds. The lowest BCUT2D eigenvalue weighted by molar-refractivity contribution is -0.141. The third-order valence-electron chi connectivity index (χ3n) is 4.46. The van der Waals surface area contributed by atoms with Crippen LogP contribution in [0, 0.1) is 5.82 Å². The lowest BCUT2D eigenvalue weighted by Gasteiger charge is -2.35. The summed E-state index contributed by atoms with van der Waals surface area (Å²) in [5.74, 6) is -0.463. The maximum atomic E-state index is 13.0. The third kappa shape index (κ3) is 3.29. The Morgan fingerprint density at radius 1 is 1.41 bits per heavy atom. The number of carbonyl (C=O) groups excluding carboxylic acids is 2. The fraction of sp³-hybridized carbons (Fsp3) is 0.529. The second-order valence-electron chi connectivity index (χ2n) is 6.16. The number of halogens is 1. The van der Waals surface area contributed by atoms with Gasteiger partial charge < -0.3 is 10.2 Å². The predicted molar refractivity (Wildman–Crippen MR) is 82.5 cm³/mol. The molecule has 0 aromatic heterocycles. The van der Waals surface area contributed by atoms with Crippen molar-refractivity contribution in [3.63, 3.8) is 0 Å². The molecular formula is C17H23FN2O2. The van der Waals surface area contributed by atoms with E-state index < -0.39 is 5.54 Å². The number of hydrogen-bond donors (Lipinski definition) is 1. The average molecular weight is 306 g/mol. The van der Waals surface area contributed by atoms with Crippen LogP contribution in [0.2, 0.25) is 0 Å². The summed E-state index contributed by atoms with van der Waals surface area (Å²) in [6, 6.07) is 6.11. The van der Waals surface area contributed by atoms with Crippen molar-refractivity contribution in [1.82, 2.24) is 10.2 Å². The predicted octanol–water partition coefficient (Wildman–Crippen LogP) is 2.62. The number of amides is 2. The Morgan fingerprint density at radius 2 is 2.05 bits per heavy atom. The quantitative estimate of drug-likeness (QED) is 0.909. The molecule has 1 N–H and O–H groups in total. The highest BCUT2D eigenvalue weighted by Gasteiger charge is 2.47. The van der Waals surface area contributed by atoms with Crippen LogP contribution in [-0.2, 0) is 16.1 Å². The smallest absolute Gasteiger partial charge is 0.245 e. The fourth-order valence-electron chi connectivity index (χ4n) is 2.65. The molecule has 1 aliphatic rings. The minimum atomic E-state index is -0.838. The van der Waals surface area contributed by atoms with Crippen LogP contribution in [0.15, 0.2) is 24.3 Å². The Bertz CT molecular complexity index is 558. The van der Waals surface area contributed by atoms with Gasteiger partial charge in [-0.3, -0.25) is 9.59 Å². The minimum Gasteiger partial charge on any atom is -0.352 e. The van der Waals surface area contributed by atoms with E-state index in [0.717, 1.165) is 12.0 Å². The monoisotopic (exact) mass is 306 g/mol. The summed E-state index contributed by atoms with van der Waals surface area (Å²) >= 11 is 0. The van der Waals surface area contributed by atoms with Crippen molar-refractivity contribution in [2.45, 2.75) is 58.2 Å². The number of carbonyl (C=O) groups is 2. The van der Waals surface area contributed by atoms with Crippen LogP contribution in [0.3, 0.4) is 0 Å². The van der Waals surface area contributed by atoms with Gasteiger partial charge in [0.1, 0.15) is 11.4 Å². The number of rotatable bonds is 5. The van der Waals surface area contributed by atoms with E-state index in [-0.39, 0.29) is 23.7 Å². The molecule has 0 spiro atoms. The Balaban J connectivity index is 2.17. The fourth-order valence-corrected chi connectivity index (χ4v) is 2.65. The Labute approximate surface area is 130 Å². The van der Waals surface area contributed by atoms with Gasteiger partial charge in [0.05, 0.1) is 0 Å². The number of hydrogen-bond acceptors (Lipinski definition) is 2. The van der Waals surface area contributed by atoms with Gasteiger partial charge in [0.2, 0.25) is 11.8 Å². The van der Waals surface area contributed by atoms with Crippen LogP contribution in [0.25, 0.3) is 0 Å². The van der Waals surface area contributed by atoms with Crippen molar-refractivity contribution in [2.75, 3.05) is 0 Å². The largest absolute Gasteiger partial charge is 0.352 e. The topological polar surface area (TPSA) is 49.4 Å². The van der Waals surface area contributed by atoms with Crippen LogP contribution in [-0.4, -0.2) is 28.3 Å². The van der Waals surface area contributed by atoms with E-state index in [1.54, 1.807) is 24.0 Å². The van der Waals surface area contributed by atoms with Crippen molar-refractivity contribution in [1.29, 1.82) is 0 Å². The first-order valence-electron chi connectivity index (χ1n) is 7.72. The summed E-state index contributed by atoms with van der Waals surface area (Å²) in [6.07, 6.45) is 1.72. The van der Waals surface area contributed by atoms with Gasteiger partial charge in [-0.25, -0.2) is 4.39 Å². The lowest BCUT2D eigenvalue weighted by Crippen LogP contribution is -2.55. The van der Waals surface area contributed by atoms with Crippen LogP contribution in [0.5, 0.6) is 0 Å². The van der Waals surface area contributed by atoms with Crippen molar-refractivity contribution < 1.29 is 14.0 Å². The molecule has 0 radical (unpaired) electrons. The molecule has 2 atom stereocenters. The van der Waals surface area contributed by atoms with Crippen molar-refractivity contribution in [3.8, 4) is 0 Å². The molecule has 2 unspecified atom stereocenters. The Morgan fingerprint density at radius 3 is 2.64 bits per heavy atom. The second-order valence-corrected chi connectivity index (χ2v) is 6.16. The zero-order chi connectivity index (χ0) is 16.3. The molecule has 0 aliphatic carbocycles. The molecule has 1 heterocycles. The van der Waals surface area contributed by atoms with Crippen LogP contribution in [0.4, 0.5) is 4.39 Å². The highest BCUT2D eigenvalue weighted by molar-refractivity contribution is 5.94. The molecule has 1 saturated heterocycles. The van der Waals surface area contributed by atoms with E-state index in [1.165, 1.54) is 12.1 Å². The van der Waals surface area contributed by atoms with Crippen LogP contribution >= 0.6 is 0 Å². The summed E-state index contributed by atoms with van der Waals surface area (Å²) < 4.78 is 13.0. The van der Waals surface area contributed by atoms with Gasteiger partial charge in [0.25, 0.3) is 0 Å². The molecule has 1 aromatic carbocycles. The minimum absolute atomic E-state index is 0.0360. The first-order chi connectivity index (χ1) is 10.4. The van der Waals surface area contributed by atoms with Gasteiger partial charge in [-0.05, 0) is 44.4 Å². The van der Waals surface area contributed by atoms with Crippen molar-refractivity contribution >= 4 is 11.8 Å². The average Bonchev–Trinajstić information content (AvgIpc) is 2.79. The zero-order valence-corrected chi connectivity index (χ0v) is 13.4. The molecule has 2 rings (SSSR count). The number of benzene rings is 1. The summed E-state index contributed by atoms with van der Waals surface area (Å²) in [6.45, 7) is 6.08. The molecular weight excluding hydrogens is 283 g/mol. The summed E-state index contributed by atoms with van der Waals surface area (Å²) in [5, 5.41) is 2.96. The number of nitrogens with zero attached hydrogens (tertiary/aromatic N) is 1. The molecule has 0 bridgehead atoms. The summed E-state index contributed by atoms with van der Waals surface area (Å²) in [4.78, 5) is 26.4. The van der Waals surface area contributed by atoms with E-state index in [0.29, 0.717) is 19.4 Å². The van der Waals surface area contributed by atoms with E-state index in [2.05, 4.69) is 5.32 Å². The highest BCUT2D eigenvalue weighted by atomic mass is 19.1. The Hall–Kier alpha value is -1.91. The maximum absolute atomic E-state index is 13.0. The second kappa shape index (κ2) is 6.46. The molecule has 22 heavy (non-hydrogen) atoms. The van der Waals surface area contributed by atoms with E-state index in [1.807, 2.05) is 13.8 Å². The standard InChI is InChI=1S/C17H23FN2O2/c1-4-12(2)19-16(22)17(3)10-9-15(21)20(17)11-13-5-7-14(18)8-6-13/h5-8,12H,4,9-11H2,1-3H3,(H,19,22). The number of likely N-dealkylation sites (tertiary alicyclic amines) is 1. The van der Waals surface area contributed by atoms with Gasteiger partial charge in [-0.2, -0.15) is 0 Å². The normalized spacial score (nSPS) is 22.7. The van der Waals surface area contributed by atoms with Gasteiger partial charge in [0, 0.05) is 19.0 Å². The van der Waals surface area contributed by atoms with Crippen LogP contribution < -0.4 is 5.32 Å². The van der Waals surface area contributed by atoms with Gasteiger partial charge in [-0.1, -0.05) is 19.1 Å². The zero-order valence-electron chi connectivity index (χ0n) is 13.4. The van der Waals surface area contributed by atoms with Gasteiger partial charge in [0.15, 0.2) is 0 Å². The van der Waals surface area contributed by atoms with Gasteiger partial charge >= 0.3 is 0 Å². The molecule has 1 fully saturated rings. The maximum Gasteiger partial charge on any atom is 0.245 e.